The largest absolute Gasteiger partial charge is 0.465 e. The number of hydrogen-bond acceptors (Lipinski definition) is 5. The van der Waals surface area contributed by atoms with Crippen LogP contribution in [0, 0.1) is 5.92 Å². The minimum absolute atomic E-state index is 0.0150. The standard InChI is InChI=1S/C16H23NO3S/c1-3-19-12(2)16-17-14(11-21-16)9-15(18)20-10-13-7-5-4-6-8-13/h4-5,11-13H,3,6-10H2,1-2H3/t12-,13-/m0/s1. The number of nitrogens with zero attached hydrogens (tertiary/aromatic N) is 1. The molecule has 1 aromatic heterocycles. The molecule has 1 heterocycles. The number of esters is 1. The zero-order chi connectivity index (χ0) is 15.1. The highest BCUT2D eigenvalue weighted by molar-refractivity contribution is 7.09. The average Bonchev–Trinajstić information content (AvgIpc) is 2.95. The van der Waals surface area contributed by atoms with Crippen LogP contribution >= 0.6 is 11.3 Å². The Hall–Kier alpha value is -1.20. The van der Waals surface area contributed by atoms with Gasteiger partial charge in [-0.1, -0.05) is 12.2 Å². The molecule has 116 valence electrons. The molecule has 0 fully saturated rings. The highest BCUT2D eigenvalue weighted by Gasteiger charge is 2.15. The fraction of sp³-hybridized carbons (Fsp3) is 0.625. The molecular weight excluding hydrogens is 286 g/mol. The molecule has 0 saturated heterocycles. The van der Waals surface area contributed by atoms with Gasteiger partial charge in [0.15, 0.2) is 0 Å². The zero-order valence-corrected chi connectivity index (χ0v) is 13.5. The molecule has 0 amide bonds. The van der Waals surface area contributed by atoms with Gasteiger partial charge in [-0.05, 0) is 39.0 Å². The molecule has 0 spiro atoms. The van der Waals surface area contributed by atoms with Crippen molar-refractivity contribution in [1.29, 1.82) is 0 Å². The second kappa shape index (κ2) is 8.29. The third-order valence-corrected chi connectivity index (χ3v) is 4.57. The third kappa shape index (κ3) is 5.25. The van der Waals surface area contributed by atoms with Crippen LogP contribution in [0.15, 0.2) is 17.5 Å². The maximum atomic E-state index is 11.9. The summed E-state index contributed by atoms with van der Waals surface area (Å²) >= 11 is 1.53. The highest BCUT2D eigenvalue weighted by Crippen LogP contribution is 2.22. The maximum absolute atomic E-state index is 11.9. The smallest absolute Gasteiger partial charge is 0.311 e. The molecule has 0 N–H and O–H groups in total. The first kappa shape index (κ1) is 16.2. The second-order valence-corrected chi connectivity index (χ2v) is 6.17. The van der Waals surface area contributed by atoms with Crippen molar-refractivity contribution < 1.29 is 14.3 Å². The lowest BCUT2D eigenvalue weighted by molar-refractivity contribution is -0.144. The average molecular weight is 309 g/mol. The molecule has 0 radical (unpaired) electrons. The Labute approximate surface area is 130 Å². The van der Waals surface area contributed by atoms with E-state index in [9.17, 15) is 4.79 Å². The molecule has 1 aliphatic rings. The van der Waals surface area contributed by atoms with Gasteiger partial charge in [0.25, 0.3) is 0 Å². The molecule has 5 heteroatoms. The van der Waals surface area contributed by atoms with E-state index in [0.717, 1.165) is 30.0 Å². The molecule has 0 unspecified atom stereocenters. The van der Waals surface area contributed by atoms with Gasteiger partial charge in [-0.2, -0.15) is 0 Å². The van der Waals surface area contributed by atoms with Gasteiger partial charge in [-0.15, -0.1) is 11.3 Å². The number of thiazole rings is 1. The predicted molar refractivity (Wildman–Crippen MR) is 83.3 cm³/mol. The van der Waals surface area contributed by atoms with Crippen LogP contribution in [0.5, 0.6) is 0 Å². The number of aromatic nitrogens is 1. The lowest BCUT2D eigenvalue weighted by atomic mass is 9.95. The molecule has 1 aliphatic carbocycles. The Morgan fingerprint density at radius 1 is 1.52 bits per heavy atom. The molecular formula is C16H23NO3S. The summed E-state index contributed by atoms with van der Waals surface area (Å²) in [5, 5.41) is 2.83. The Kier molecular flexibility index (Phi) is 6.39. The first-order valence-electron chi connectivity index (χ1n) is 7.55. The van der Waals surface area contributed by atoms with Crippen LogP contribution in [0.4, 0.5) is 0 Å². The quantitative estimate of drug-likeness (QED) is 0.569. The number of ether oxygens (including phenoxy) is 2. The summed E-state index contributed by atoms with van der Waals surface area (Å²) in [6.07, 6.45) is 7.80. The first-order valence-corrected chi connectivity index (χ1v) is 8.43. The van der Waals surface area contributed by atoms with Crippen molar-refractivity contribution in [1.82, 2.24) is 4.98 Å². The van der Waals surface area contributed by atoms with Gasteiger partial charge in [0.2, 0.25) is 0 Å². The Bertz CT molecular complexity index is 484. The summed E-state index contributed by atoms with van der Waals surface area (Å²) in [7, 11) is 0. The summed E-state index contributed by atoms with van der Waals surface area (Å²) in [6.45, 7) is 5.12. The van der Waals surface area contributed by atoms with Crippen molar-refractivity contribution in [3.8, 4) is 0 Å². The maximum Gasteiger partial charge on any atom is 0.311 e. The first-order chi connectivity index (χ1) is 10.2. The normalized spacial score (nSPS) is 19.4. The second-order valence-electron chi connectivity index (χ2n) is 5.28. The minimum Gasteiger partial charge on any atom is -0.465 e. The summed E-state index contributed by atoms with van der Waals surface area (Å²) in [6, 6.07) is 0. The van der Waals surface area contributed by atoms with Gasteiger partial charge in [0.1, 0.15) is 11.1 Å². The van der Waals surface area contributed by atoms with E-state index in [-0.39, 0.29) is 18.5 Å². The van der Waals surface area contributed by atoms with E-state index in [1.807, 2.05) is 19.2 Å². The fourth-order valence-corrected chi connectivity index (χ4v) is 3.15. The summed E-state index contributed by atoms with van der Waals surface area (Å²) in [4.78, 5) is 16.3. The highest BCUT2D eigenvalue weighted by atomic mass is 32.1. The molecule has 0 aliphatic heterocycles. The monoisotopic (exact) mass is 309 g/mol. The van der Waals surface area contributed by atoms with Crippen LogP contribution < -0.4 is 0 Å². The number of allylic oxidation sites excluding steroid dienone is 2. The van der Waals surface area contributed by atoms with E-state index in [1.54, 1.807) is 0 Å². The third-order valence-electron chi connectivity index (χ3n) is 3.52. The molecule has 1 aromatic rings. The van der Waals surface area contributed by atoms with Crippen molar-refractivity contribution in [2.75, 3.05) is 13.2 Å². The summed E-state index contributed by atoms with van der Waals surface area (Å²) < 4.78 is 10.9. The van der Waals surface area contributed by atoms with Gasteiger partial charge in [0, 0.05) is 12.0 Å². The van der Waals surface area contributed by atoms with Crippen LogP contribution in [-0.2, 0) is 20.7 Å². The molecule has 2 rings (SSSR count). The molecule has 0 bridgehead atoms. The summed E-state index contributed by atoms with van der Waals surface area (Å²) in [5.41, 5.74) is 0.773. The minimum atomic E-state index is -0.189. The SMILES string of the molecule is CCO[C@@H](C)c1nc(CC(=O)OC[C@H]2CC=CCC2)cs1. The van der Waals surface area contributed by atoms with Crippen LogP contribution in [-0.4, -0.2) is 24.2 Å². The molecule has 0 saturated carbocycles. The van der Waals surface area contributed by atoms with Crippen LogP contribution in [0.1, 0.15) is 49.9 Å². The Morgan fingerprint density at radius 3 is 3.10 bits per heavy atom. The topological polar surface area (TPSA) is 48.4 Å². The summed E-state index contributed by atoms with van der Waals surface area (Å²) in [5.74, 6) is 0.286. The van der Waals surface area contributed by atoms with E-state index in [2.05, 4.69) is 17.1 Å². The van der Waals surface area contributed by atoms with Crippen LogP contribution in [0.25, 0.3) is 0 Å². The number of hydrogen-bond donors (Lipinski definition) is 0. The van der Waals surface area contributed by atoms with Crippen molar-refractivity contribution in [3.05, 3.63) is 28.2 Å². The van der Waals surface area contributed by atoms with E-state index in [1.165, 1.54) is 11.3 Å². The van der Waals surface area contributed by atoms with E-state index in [4.69, 9.17) is 9.47 Å². The molecule has 21 heavy (non-hydrogen) atoms. The lowest BCUT2D eigenvalue weighted by Gasteiger charge is -2.17. The van der Waals surface area contributed by atoms with Crippen molar-refractivity contribution in [2.45, 2.75) is 45.6 Å². The van der Waals surface area contributed by atoms with Gasteiger partial charge in [-0.3, -0.25) is 4.79 Å². The van der Waals surface area contributed by atoms with E-state index >= 15 is 0 Å². The van der Waals surface area contributed by atoms with Gasteiger partial charge in [0.05, 0.1) is 18.7 Å². The van der Waals surface area contributed by atoms with Gasteiger partial charge < -0.3 is 9.47 Å². The van der Waals surface area contributed by atoms with Crippen molar-refractivity contribution in [2.24, 2.45) is 5.92 Å². The molecule has 0 aromatic carbocycles. The molecule has 2 atom stereocenters. The Morgan fingerprint density at radius 2 is 2.38 bits per heavy atom. The van der Waals surface area contributed by atoms with Gasteiger partial charge in [-0.25, -0.2) is 4.98 Å². The number of rotatable bonds is 7. The van der Waals surface area contributed by atoms with Gasteiger partial charge >= 0.3 is 5.97 Å². The Balaban J connectivity index is 1.75. The van der Waals surface area contributed by atoms with E-state index < -0.39 is 0 Å². The fourth-order valence-electron chi connectivity index (χ4n) is 2.33. The lowest BCUT2D eigenvalue weighted by Crippen LogP contribution is -2.16. The van der Waals surface area contributed by atoms with Crippen LogP contribution in [0.2, 0.25) is 0 Å². The zero-order valence-electron chi connectivity index (χ0n) is 12.7. The van der Waals surface area contributed by atoms with Crippen molar-refractivity contribution >= 4 is 17.3 Å². The van der Waals surface area contributed by atoms with E-state index in [0.29, 0.717) is 19.1 Å². The van der Waals surface area contributed by atoms with Crippen molar-refractivity contribution in [3.63, 3.8) is 0 Å². The molecule has 4 nitrogen and oxygen atoms in total. The van der Waals surface area contributed by atoms with Crippen LogP contribution in [0.3, 0.4) is 0 Å². The number of carbonyl (C=O) groups excluding carboxylic acids is 1. The predicted octanol–water partition coefficient (Wildman–Crippen LogP) is 3.68. The number of carbonyl (C=O) groups is 1.